The molecule has 26 heavy (non-hydrogen) atoms. The Labute approximate surface area is 156 Å². The SMILES string of the molecule is CCCCC(Oc1cccc2ccccc12)N1CCC(C(=O)OC)CC1. The molecule has 0 bridgehead atoms. The summed E-state index contributed by atoms with van der Waals surface area (Å²) in [6, 6.07) is 14.6. The normalized spacial score (nSPS) is 17.2. The van der Waals surface area contributed by atoms with Gasteiger partial charge in [0.15, 0.2) is 6.23 Å². The first-order chi connectivity index (χ1) is 12.7. The number of piperidine rings is 1. The highest BCUT2D eigenvalue weighted by atomic mass is 16.5. The maximum atomic E-state index is 11.8. The number of nitrogens with zero attached hydrogens (tertiary/aromatic N) is 1. The van der Waals surface area contributed by atoms with Gasteiger partial charge in [-0.2, -0.15) is 0 Å². The predicted octanol–water partition coefficient (Wildman–Crippen LogP) is 4.62. The topological polar surface area (TPSA) is 38.8 Å². The van der Waals surface area contributed by atoms with Crippen molar-refractivity contribution >= 4 is 16.7 Å². The van der Waals surface area contributed by atoms with E-state index in [4.69, 9.17) is 9.47 Å². The average molecular weight is 355 g/mol. The Kier molecular flexibility index (Phi) is 6.51. The van der Waals surface area contributed by atoms with E-state index in [0.29, 0.717) is 0 Å². The number of benzene rings is 2. The van der Waals surface area contributed by atoms with Crippen LogP contribution in [0.25, 0.3) is 10.8 Å². The molecular formula is C22H29NO3. The molecule has 140 valence electrons. The van der Waals surface area contributed by atoms with Crippen LogP contribution in [0.2, 0.25) is 0 Å². The molecule has 0 aliphatic carbocycles. The van der Waals surface area contributed by atoms with Crippen LogP contribution in [0.1, 0.15) is 39.0 Å². The number of unbranched alkanes of at least 4 members (excludes halogenated alkanes) is 1. The van der Waals surface area contributed by atoms with Crippen molar-refractivity contribution in [3.8, 4) is 5.75 Å². The molecule has 0 radical (unpaired) electrons. The van der Waals surface area contributed by atoms with Crippen LogP contribution in [0.4, 0.5) is 0 Å². The van der Waals surface area contributed by atoms with E-state index in [1.165, 1.54) is 12.5 Å². The van der Waals surface area contributed by atoms with Gasteiger partial charge in [-0.1, -0.05) is 49.7 Å². The third kappa shape index (κ3) is 4.36. The summed E-state index contributed by atoms with van der Waals surface area (Å²) in [6.45, 7) is 3.95. The lowest BCUT2D eigenvalue weighted by Gasteiger charge is -2.37. The molecule has 1 aliphatic rings. The summed E-state index contributed by atoms with van der Waals surface area (Å²) < 4.78 is 11.4. The van der Waals surface area contributed by atoms with E-state index in [1.807, 2.05) is 0 Å². The fraction of sp³-hybridized carbons (Fsp3) is 0.500. The Hall–Kier alpha value is -2.07. The predicted molar refractivity (Wildman–Crippen MR) is 104 cm³/mol. The number of fused-ring (bicyclic) bond motifs is 1. The molecule has 2 aromatic carbocycles. The van der Waals surface area contributed by atoms with Gasteiger partial charge >= 0.3 is 5.97 Å². The van der Waals surface area contributed by atoms with Crippen molar-refractivity contribution in [3.63, 3.8) is 0 Å². The maximum Gasteiger partial charge on any atom is 0.308 e. The van der Waals surface area contributed by atoms with Crippen LogP contribution in [0.15, 0.2) is 42.5 Å². The molecule has 1 aliphatic heterocycles. The third-order valence-electron chi connectivity index (χ3n) is 5.29. The van der Waals surface area contributed by atoms with Crippen LogP contribution in [0.5, 0.6) is 5.75 Å². The largest absolute Gasteiger partial charge is 0.474 e. The lowest BCUT2D eigenvalue weighted by Crippen LogP contribution is -2.45. The molecule has 1 fully saturated rings. The van der Waals surface area contributed by atoms with Gasteiger partial charge in [0.25, 0.3) is 0 Å². The molecule has 1 saturated heterocycles. The average Bonchev–Trinajstić information content (AvgIpc) is 2.70. The standard InChI is InChI=1S/C22H29NO3/c1-3-4-12-21(23-15-13-18(14-16-23)22(24)25-2)26-20-11-7-9-17-8-5-6-10-19(17)20/h5-11,18,21H,3-4,12-16H2,1-2H3. The Morgan fingerprint density at radius 3 is 2.62 bits per heavy atom. The van der Waals surface area contributed by atoms with Crippen molar-refractivity contribution < 1.29 is 14.3 Å². The zero-order chi connectivity index (χ0) is 18.4. The molecule has 0 aromatic heterocycles. The van der Waals surface area contributed by atoms with Crippen molar-refractivity contribution in [1.82, 2.24) is 4.90 Å². The maximum absolute atomic E-state index is 11.8. The second-order valence-corrected chi connectivity index (χ2v) is 7.03. The van der Waals surface area contributed by atoms with E-state index in [9.17, 15) is 4.79 Å². The number of esters is 1. The Balaban J connectivity index is 1.73. The van der Waals surface area contributed by atoms with E-state index in [2.05, 4.69) is 54.3 Å². The van der Waals surface area contributed by atoms with Crippen molar-refractivity contribution in [2.75, 3.05) is 20.2 Å². The summed E-state index contributed by atoms with van der Waals surface area (Å²) in [5.74, 6) is 0.893. The molecule has 0 N–H and O–H groups in total. The summed E-state index contributed by atoms with van der Waals surface area (Å²) in [5.41, 5.74) is 0. The zero-order valence-corrected chi connectivity index (χ0v) is 15.8. The summed E-state index contributed by atoms with van der Waals surface area (Å²) >= 11 is 0. The summed E-state index contributed by atoms with van der Waals surface area (Å²) in [5, 5.41) is 2.35. The van der Waals surface area contributed by atoms with Crippen LogP contribution in [0, 0.1) is 5.92 Å². The van der Waals surface area contributed by atoms with E-state index >= 15 is 0 Å². The number of ether oxygens (including phenoxy) is 2. The third-order valence-corrected chi connectivity index (χ3v) is 5.29. The van der Waals surface area contributed by atoms with Crippen molar-refractivity contribution in [3.05, 3.63) is 42.5 Å². The molecule has 4 heteroatoms. The highest BCUT2D eigenvalue weighted by molar-refractivity contribution is 5.88. The van der Waals surface area contributed by atoms with Gasteiger partial charge in [0.1, 0.15) is 5.75 Å². The van der Waals surface area contributed by atoms with Crippen LogP contribution >= 0.6 is 0 Å². The first kappa shape index (κ1) is 18.7. The van der Waals surface area contributed by atoms with E-state index < -0.39 is 0 Å². The van der Waals surface area contributed by atoms with Crippen LogP contribution in [-0.2, 0) is 9.53 Å². The smallest absolute Gasteiger partial charge is 0.308 e. The number of methoxy groups -OCH3 is 1. The number of carbonyl (C=O) groups is 1. The number of rotatable bonds is 7. The summed E-state index contributed by atoms with van der Waals surface area (Å²) in [6.07, 6.45) is 5.02. The monoisotopic (exact) mass is 355 g/mol. The lowest BCUT2D eigenvalue weighted by molar-refractivity contribution is -0.148. The molecule has 1 atom stereocenters. The summed E-state index contributed by atoms with van der Waals surface area (Å²) in [7, 11) is 1.47. The molecule has 0 saturated carbocycles. The fourth-order valence-electron chi connectivity index (χ4n) is 3.73. The molecule has 0 amide bonds. The number of carbonyl (C=O) groups excluding carboxylic acids is 1. The van der Waals surface area contributed by atoms with Gasteiger partial charge in [0, 0.05) is 18.5 Å². The van der Waals surface area contributed by atoms with E-state index in [-0.39, 0.29) is 18.1 Å². The highest BCUT2D eigenvalue weighted by Gasteiger charge is 2.30. The van der Waals surface area contributed by atoms with E-state index in [1.54, 1.807) is 0 Å². The van der Waals surface area contributed by atoms with E-state index in [0.717, 1.165) is 56.3 Å². The van der Waals surface area contributed by atoms with Crippen molar-refractivity contribution in [2.45, 2.75) is 45.3 Å². The second kappa shape index (κ2) is 9.04. The van der Waals surface area contributed by atoms with Gasteiger partial charge in [-0.15, -0.1) is 0 Å². The van der Waals surface area contributed by atoms with Gasteiger partial charge in [-0.3, -0.25) is 9.69 Å². The van der Waals surface area contributed by atoms with Gasteiger partial charge in [-0.05, 0) is 37.1 Å². The minimum absolute atomic E-state index is 0.0284. The first-order valence-corrected chi connectivity index (χ1v) is 9.69. The van der Waals surface area contributed by atoms with Gasteiger partial charge < -0.3 is 9.47 Å². The molecule has 1 heterocycles. The molecule has 2 aromatic rings. The highest BCUT2D eigenvalue weighted by Crippen LogP contribution is 2.29. The fourth-order valence-corrected chi connectivity index (χ4v) is 3.73. The Morgan fingerprint density at radius 1 is 1.15 bits per heavy atom. The number of hydrogen-bond acceptors (Lipinski definition) is 4. The van der Waals surface area contributed by atoms with Crippen molar-refractivity contribution in [2.24, 2.45) is 5.92 Å². The van der Waals surface area contributed by atoms with Crippen LogP contribution < -0.4 is 4.74 Å². The number of likely N-dealkylation sites (tertiary alicyclic amines) is 1. The lowest BCUT2D eigenvalue weighted by atomic mass is 9.96. The number of hydrogen-bond donors (Lipinski definition) is 0. The quantitative estimate of drug-likeness (QED) is 0.679. The minimum atomic E-state index is -0.0790. The molecule has 3 rings (SSSR count). The molecular weight excluding hydrogens is 326 g/mol. The Bertz CT molecular complexity index is 717. The molecule has 1 unspecified atom stereocenters. The molecule has 4 nitrogen and oxygen atoms in total. The summed E-state index contributed by atoms with van der Waals surface area (Å²) in [4.78, 5) is 14.2. The van der Waals surface area contributed by atoms with Crippen LogP contribution in [-0.4, -0.2) is 37.3 Å². The van der Waals surface area contributed by atoms with Gasteiger partial charge in [-0.25, -0.2) is 0 Å². The zero-order valence-electron chi connectivity index (χ0n) is 15.8. The van der Waals surface area contributed by atoms with Crippen LogP contribution in [0.3, 0.4) is 0 Å². The second-order valence-electron chi connectivity index (χ2n) is 7.03. The van der Waals surface area contributed by atoms with Gasteiger partial charge in [0.05, 0.1) is 13.0 Å². The Morgan fingerprint density at radius 2 is 1.88 bits per heavy atom. The van der Waals surface area contributed by atoms with Crippen molar-refractivity contribution in [1.29, 1.82) is 0 Å². The van der Waals surface area contributed by atoms with Gasteiger partial charge in [0.2, 0.25) is 0 Å². The molecule has 0 spiro atoms. The minimum Gasteiger partial charge on any atom is -0.474 e. The first-order valence-electron chi connectivity index (χ1n) is 9.69.